The summed E-state index contributed by atoms with van der Waals surface area (Å²) in [5.41, 5.74) is -0.397. The number of aryl methyl sites for hydroxylation is 1. The average Bonchev–Trinajstić information content (AvgIpc) is 3.06. The van der Waals surface area contributed by atoms with E-state index in [1.165, 1.54) is 0 Å². The summed E-state index contributed by atoms with van der Waals surface area (Å²) in [5, 5.41) is 3.80. The van der Waals surface area contributed by atoms with Crippen LogP contribution in [0.2, 0.25) is 0 Å². The molecule has 3 aliphatic rings. The van der Waals surface area contributed by atoms with Gasteiger partial charge < -0.3 is 14.0 Å². The Morgan fingerprint density at radius 3 is 2.63 bits per heavy atom. The summed E-state index contributed by atoms with van der Waals surface area (Å²) < 4.78 is 15.5. The van der Waals surface area contributed by atoms with Crippen molar-refractivity contribution in [2.75, 3.05) is 13.1 Å². The fraction of sp³-hybridized carbons (Fsp3) is 0.636. The average molecular weight is 265 g/mol. The number of esters is 2. The van der Waals surface area contributed by atoms with Crippen LogP contribution in [0.3, 0.4) is 0 Å². The third kappa shape index (κ3) is 1.26. The standard InChI is InChI=1S/C11H11N3O5/c1-6-12-9(19-13-6)10-2-3-14(5-10)11(4-10)17-7(15)8(16)18-11/h2-5H2,1H3. The second-order valence-corrected chi connectivity index (χ2v) is 5.27. The third-order valence-electron chi connectivity index (χ3n) is 4.05. The van der Waals surface area contributed by atoms with Crippen molar-refractivity contribution in [2.24, 2.45) is 0 Å². The minimum atomic E-state index is -1.27. The number of ether oxygens (including phenoxy) is 2. The quantitative estimate of drug-likeness (QED) is 0.494. The second kappa shape index (κ2) is 3.13. The molecule has 0 radical (unpaired) electrons. The van der Waals surface area contributed by atoms with Crippen LogP contribution in [0.4, 0.5) is 0 Å². The molecule has 0 N–H and O–H groups in total. The van der Waals surface area contributed by atoms with Gasteiger partial charge in [-0.1, -0.05) is 5.16 Å². The lowest BCUT2D eigenvalue weighted by atomic mass is 9.83. The highest BCUT2D eigenvalue weighted by molar-refractivity contribution is 6.31. The number of aromatic nitrogens is 2. The maximum absolute atomic E-state index is 11.3. The molecule has 2 bridgehead atoms. The molecule has 3 fully saturated rings. The zero-order chi connectivity index (χ0) is 13.3. The molecule has 0 saturated carbocycles. The maximum Gasteiger partial charge on any atom is 0.421 e. The van der Waals surface area contributed by atoms with Crippen molar-refractivity contribution in [3.8, 4) is 0 Å². The zero-order valence-corrected chi connectivity index (χ0v) is 10.2. The van der Waals surface area contributed by atoms with Crippen LogP contribution in [0.5, 0.6) is 0 Å². The lowest BCUT2D eigenvalue weighted by Crippen LogP contribution is -2.47. The Morgan fingerprint density at radius 1 is 1.26 bits per heavy atom. The highest BCUT2D eigenvalue weighted by Crippen LogP contribution is 2.53. The van der Waals surface area contributed by atoms with Crippen molar-refractivity contribution < 1.29 is 23.6 Å². The van der Waals surface area contributed by atoms with Gasteiger partial charge in [0.2, 0.25) is 5.89 Å². The van der Waals surface area contributed by atoms with E-state index < -0.39 is 23.3 Å². The number of hydrogen-bond acceptors (Lipinski definition) is 8. The monoisotopic (exact) mass is 265 g/mol. The molecule has 1 aromatic heterocycles. The zero-order valence-electron chi connectivity index (χ0n) is 10.2. The lowest BCUT2D eigenvalue weighted by Gasteiger charge is -2.33. The van der Waals surface area contributed by atoms with Crippen molar-refractivity contribution >= 4 is 11.9 Å². The molecule has 4 rings (SSSR count). The van der Waals surface area contributed by atoms with Crippen molar-refractivity contribution in [1.29, 1.82) is 0 Å². The lowest BCUT2D eigenvalue weighted by molar-refractivity contribution is -0.240. The molecular weight excluding hydrogens is 254 g/mol. The normalized spacial score (nSPS) is 34.9. The molecule has 1 aromatic rings. The van der Waals surface area contributed by atoms with Crippen LogP contribution in [-0.2, 0) is 24.5 Å². The summed E-state index contributed by atoms with van der Waals surface area (Å²) in [6.45, 7) is 2.98. The summed E-state index contributed by atoms with van der Waals surface area (Å²) in [6.07, 6.45) is 1.16. The van der Waals surface area contributed by atoms with Crippen molar-refractivity contribution in [3.05, 3.63) is 11.7 Å². The third-order valence-corrected chi connectivity index (χ3v) is 4.05. The number of piperidine rings is 1. The first kappa shape index (κ1) is 10.9. The first-order chi connectivity index (χ1) is 9.03. The number of carbonyl (C=O) groups excluding carboxylic acids is 2. The van der Waals surface area contributed by atoms with Crippen LogP contribution < -0.4 is 0 Å². The minimum Gasteiger partial charge on any atom is -0.400 e. The first-order valence-electron chi connectivity index (χ1n) is 6.05. The molecule has 0 amide bonds. The number of rotatable bonds is 1. The van der Waals surface area contributed by atoms with E-state index in [-0.39, 0.29) is 0 Å². The molecule has 3 aliphatic heterocycles. The Balaban J connectivity index is 1.72. The van der Waals surface area contributed by atoms with Gasteiger partial charge in [0.05, 0.1) is 11.8 Å². The number of carbonyl (C=O) groups is 2. The van der Waals surface area contributed by atoms with Crippen molar-refractivity contribution in [1.82, 2.24) is 15.0 Å². The van der Waals surface area contributed by atoms with E-state index in [0.29, 0.717) is 31.2 Å². The van der Waals surface area contributed by atoms with Crippen LogP contribution in [0, 0.1) is 6.92 Å². The number of nitrogens with zero attached hydrogens (tertiary/aromatic N) is 3. The summed E-state index contributed by atoms with van der Waals surface area (Å²) >= 11 is 0. The van der Waals surface area contributed by atoms with Gasteiger partial charge in [0, 0.05) is 13.1 Å². The van der Waals surface area contributed by atoms with Gasteiger partial charge in [-0.15, -0.1) is 0 Å². The SMILES string of the molecule is Cc1noc(C23CCN(C2)C2(C3)OC(=O)C(=O)O2)n1. The second-order valence-electron chi connectivity index (χ2n) is 5.27. The van der Waals surface area contributed by atoms with Gasteiger partial charge in [0.1, 0.15) is 0 Å². The summed E-state index contributed by atoms with van der Waals surface area (Å²) in [4.78, 5) is 28.7. The Morgan fingerprint density at radius 2 is 2.00 bits per heavy atom. The molecular formula is C11H11N3O5. The minimum absolute atomic E-state index is 0.346. The van der Waals surface area contributed by atoms with Crippen LogP contribution >= 0.6 is 0 Å². The van der Waals surface area contributed by atoms with Crippen LogP contribution in [0.15, 0.2) is 4.52 Å². The van der Waals surface area contributed by atoms with Gasteiger partial charge in [0.25, 0.3) is 0 Å². The number of fused-ring (bicyclic) bond motifs is 3. The molecule has 1 spiro atoms. The molecule has 2 unspecified atom stereocenters. The molecule has 2 atom stereocenters. The highest BCUT2D eigenvalue weighted by Gasteiger charge is 2.68. The maximum atomic E-state index is 11.3. The predicted molar refractivity (Wildman–Crippen MR) is 56.4 cm³/mol. The molecule has 0 aliphatic carbocycles. The van der Waals surface area contributed by atoms with E-state index in [0.717, 1.165) is 6.42 Å². The largest absolute Gasteiger partial charge is 0.421 e. The van der Waals surface area contributed by atoms with E-state index >= 15 is 0 Å². The molecule has 8 heteroatoms. The molecule has 3 saturated heterocycles. The van der Waals surface area contributed by atoms with Crippen LogP contribution in [0.25, 0.3) is 0 Å². The molecule has 100 valence electrons. The predicted octanol–water partition coefficient (Wildman–Crippen LogP) is -0.521. The van der Waals surface area contributed by atoms with Gasteiger partial charge in [0.15, 0.2) is 5.82 Å². The summed E-state index contributed by atoms with van der Waals surface area (Å²) in [5.74, 6) is -2.07. The smallest absolute Gasteiger partial charge is 0.400 e. The fourth-order valence-corrected chi connectivity index (χ4v) is 3.20. The molecule has 19 heavy (non-hydrogen) atoms. The Bertz CT molecular complexity index is 581. The van der Waals surface area contributed by atoms with Crippen LogP contribution in [-0.4, -0.2) is 46.0 Å². The van der Waals surface area contributed by atoms with E-state index in [2.05, 4.69) is 10.1 Å². The topological polar surface area (TPSA) is 94.8 Å². The van der Waals surface area contributed by atoms with Crippen molar-refractivity contribution in [3.63, 3.8) is 0 Å². The Kier molecular flexibility index (Phi) is 1.80. The first-order valence-corrected chi connectivity index (χ1v) is 6.05. The van der Waals surface area contributed by atoms with Gasteiger partial charge in [-0.2, -0.15) is 4.98 Å². The van der Waals surface area contributed by atoms with E-state index in [4.69, 9.17) is 14.0 Å². The fourth-order valence-electron chi connectivity index (χ4n) is 3.20. The van der Waals surface area contributed by atoms with Gasteiger partial charge in [-0.3, -0.25) is 0 Å². The van der Waals surface area contributed by atoms with Crippen LogP contribution in [0.1, 0.15) is 24.6 Å². The Labute approximate surface area is 107 Å². The van der Waals surface area contributed by atoms with Crippen molar-refractivity contribution in [2.45, 2.75) is 31.1 Å². The van der Waals surface area contributed by atoms with Gasteiger partial charge >= 0.3 is 17.8 Å². The highest BCUT2D eigenvalue weighted by atomic mass is 16.8. The van der Waals surface area contributed by atoms with Gasteiger partial charge in [-0.25, -0.2) is 14.5 Å². The number of hydrogen-bond donors (Lipinski definition) is 0. The van der Waals surface area contributed by atoms with Gasteiger partial charge in [-0.05, 0) is 13.3 Å². The summed E-state index contributed by atoms with van der Waals surface area (Å²) in [7, 11) is 0. The van der Waals surface area contributed by atoms with E-state index in [1.807, 2.05) is 4.90 Å². The molecule has 8 nitrogen and oxygen atoms in total. The Hall–Kier alpha value is -1.96. The van der Waals surface area contributed by atoms with E-state index in [1.54, 1.807) is 6.92 Å². The van der Waals surface area contributed by atoms with E-state index in [9.17, 15) is 9.59 Å². The molecule has 4 heterocycles. The molecule has 0 aromatic carbocycles. The summed E-state index contributed by atoms with van der Waals surface area (Å²) in [6, 6.07) is 0.